The molecule has 0 bridgehead atoms. The lowest BCUT2D eigenvalue weighted by Gasteiger charge is -2.11. The number of halogens is 1. The van der Waals surface area contributed by atoms with Crippen molar-refractivity contribution in [3.8, 4) is 0 Å². The third-order valence-corrected chi connectivity index (χ3v) is 5.91. The molecule has 0 radical (unpaired) electrons. The van der Waals surface area contributed by atoms with Crippen molar-refractivity contribution >= 4 is 32.2 Å². The van der Waals surface area contributed by atoms with E-state index < -0.39 is 15.7 Å². The molecule has 4 aromatic rings. The number of H-pyrrole nitrogens is 1. The van der Waals surface area contributed by atoms with Crippen molar-refractivity contribution in [3.05, 3.63) is 77.1 Å². The number of nitrogens with one attached hydrogen (secondary N) is 2. The topological polar surface area (TPSA) is 96.8 Å². The molecule has 9 heteroatoms. The number of aromatic amines is 1. The van der Waals surface area contributed by atoms with Gasteiger partial charge in [0.05, 0.1) is 4.90 Å². The van der Waals surface area contributed by atoms with Crippen molar-refractivity contribution in [1.29, 1.82) is 0 Å². The molecule has 2 heterocycles. The highest BCUT2D eigenvalue weighted by molar-refractivity contribution is 7.91. The third kappa shape index (κ3) is 3.16. The van der Waals surface area contributed by atoms with Gasteiger partial charge in [0.15, 0.2) is 5.03 Å². The van der Waals surface area contributed by atoms with E-state index >= 15 is 0 Å². The molecule has 0 amide bonds. The van der Waals surface area contributed by atoms with E-state index in [1.54, 1.807) is 37.5 Å². The first-order valence-corrected chi connectivity index (χ1v) is 9.76. The van der Waals surface area contributed by atoms with Crippen LogP contribution in [0.2, 0.25) is 0 Å². The number of aromatic nitrogens is 3. The van der Waals surface area contributed by atoms with Crippen LogP contribution in [0.5, 0.6) is 0 Å². The van der Waals surface area contributed by atoms with E-state index in [-0.39, 0.29) is 21.4 Å². The Labute approximate surface area is 159 Å². The Bertz CT molecular complexity index is 1340. The number of anilines is 2. The number of fused-ring (bicyclic) bond motifs is 1. The Kier molecular flexibility index (Phi) is 4.23. The minimum absolute atomic E-state index is 0.0595. The standard InChI is InChI=1S/C19H15FN4O3S/c1-24-11-16(22-19(24)25)21-18-15-5-3-2-4-12(15)10-17(23-18)28(26,27)14-8-6-13(20)7-9-14/h2-11H,1H3,(H,21,23)(H,22,25). The van der Waals surface area contributed by atoms with Gasteiger partial charge in [0.1, 0.15) is 17.5 Å². The molecule has 0 fully saturated rings. The lowest BCUT2D eigenvalue weighted by Crippen LogP contribution is -2.11. The number of nitrogens with zero attached hydrogens (tertiary/aromatic N) is 2. The van der Waals surface area contributed by atoms with E-state index in [2.05, 4.69) is 15.3 Å². The van der Waals surface area contributed by atoms with Crippen LogP contribution < -0.4 is 11.0 Å². The van der Waals surface area contributed by atoms with Gasteiger partial charge in [0.2, 0.25) is 9.84 Å². The Morgan fingerprint density at radius 2 is 1.82 bits per heavy atom. The summed E-state index contributed by atoms with van der Waals surface area (Å²) in [5.74, 6) is 0.128. The minimum Gasteiger partial charge on any atom is -0.325 e. The van der Waals surface area contributed by atoms with Crippen LogP contribution in [0.15, 0.2) is 75.5 Å². The zero-order chi connectivity index (χ0) is 19.9. The van der Waals surface area contributed by atoms with Gasteiger partial charge in [-0.25, -0.2) is 22.6 Å². The summed E-state index contributed by atoms with van der Waals surface area (Å²) in [6.07, 6.45) is 1.54. The van der Waals surface area contributed by atoms with Crippen molar-refractivity contribution in [2.75, 3.05) is 5.32 Å². The molecule has 7 nitrogen and oxygen atoms in total. The van der Waals surface area contributed by atoms with Gasteiger partial charge in [0.25, 0.3) is 0 Å². The molecule has 4 rings (SSSR count). The van der Waals surface area contributed by atoms with Gasteiger partial charge in [-0.1, -0.05) is 24.3 Å². The zero-order valence-electron chi connectivity index (χ0n) is 14.7. The van der Waals surface area contributed by atoms with Gasteiger partial charge in [-0.05, 0) is 35.7 Å². The molecule has 2 aromatic carbocycles. The predicted octanol–water partition coefficient (Wildman–Crippen LogP) is 2.98. The van der Waals surface area contributed by atoms with Gasteiger partial charge in [-0.2, -0.15) is 0 Å². The highest BCUT2D eigenvalue weighted by atomic mass is 32.2. The zero-order valence-corrected chi connectivity index (χ0v) is 15.5. The number of benzene rings is 2. The lowest BCUT2D eigenvalue weighted by molar-refractivity contribution is 0.591. The summed E-state index contributed by atoms with van der Waals surface area (Å²) in [6.45, 7) is 0. The molecule has 0 aliphatic heterocycles. The van der Waals surface area contributed by atoms with Gasteiger partial charge in [0, 0.05) is 18.6 Å². The van der Waals surface area contributed by atoms with E-state index in [9.17, 15) is 17.6 Å². The Balaban J connectivity index is 1.88. The van der Waals surface area contributed by atoms with Crippen LogP contribution in [0.25, 0.3) is 10.8 Å². The number of aryl methyl sites for hydroxylation is 1. The second-order valence-corrected chi connectivity index (χ2v) is 8.09. The highest BCUT2D eigenvalue weighted by Crippen LogP contribution is 2.29. The first-order chi connectivity index (χ1) is 13.3. The average molecular weight is 398 g/mol. The summed E-state index contributed by atoms with van der Waals surface area (Å²) in [6, 6.07) is 13.2. The molecular weight excluding hydrogens is 383 g/mol. The molecule has 2 aromatic heterocycles. The predicted molar refractivity (Wildman–Crippen MR) is 103 cm³/mol. The minimum atomic E-state index is -3.96. The molecule has 142 valence electrons. The normalized spacial score (nSPS) is 11.6. The molecule has 0 aliphatic rings. The molecule has 0 saturated heterocycles. The first-order valence-electron chi connectivity index (χ1n) is 8.28. The molecule has 0 aliphatic carbocycles. The van der Waals surface area contributed by atoms with E-state index in [4.69, 9.17) is 0 Å². The Morgan fingerprint density at radius 3 is 2.50 bits per heavy atom. The molecule has 0 spiro atoms. The smallest absolute Gasteiger partial charge is 0.325 e. The highest BCUT2D eigenvalue weighted by Gasteiger charge is 2.21. The second-order valence-electron chi connectivity index (χ2n) is 6.20. The van der Waals surface area contributed by atoms with Crippen molar-refractivity contribution in [1.82, 2.24) is 14.5 Å². The molecule has 0 unspecified atom stereocenters. The van der Waals surface area contributed by atoms with Crippen molar-refractivity contribution in [3.63, 3.8) is 0 Å². The van der Waals surface area contributed by atoms with E-state index in [0.717, 1.165) is 12.1 Å². The van der Waals surface area contributed by atoms with E-state index in [0.29, 0.717) is 16.6 Å². The summed E-state index contributed by atoms with van der Waals surface area (Å²) < 4.78 is 40.5. The van der Waals surface area contributed by atoms with Gasteiger partial charge in [-0.3, -0.25) is 4.98 Å². The van der Waals surface area contributed by atoms with Gasteiger partial charge >= 0.3 is 5.69 Å². The molecule has 0 saturated carbocycles. The van der Waals surface area contributed by atoms with E-state index in [1.165, 1.54) is 22.8 Å². The number of sulfone groups is 1. The summed E-state index contributed by atoms with van der Waals surface area (Å²) in [4.78, 5) is 18.5. The van der Waals surface area contributed by atoms with Crippen LogP contribution in [0.1, 0.15) is 0 Å². The average Bonchev–Trinajstić information content (AvgIpc) is 2.99. The summed E-state index contributed by atoms with van der Waals surface area (Å²) in [7, 11) is -2.37. The van der Waals surface area contributed by atoms with Crippen LogP contribution in [-0.2, 0) is 16.9 Å². The number of imidazole rings is 1. The summed E-state index contributed by atoms with van der Waals surface area (Å²) in [5.41, 5.74) is -0.318. The molecule has 2 N–H and O–H groups in total. The second kappa shape index (κ2) is 6.61. The first kappa shape index (κ1) is 17.9. The van der Waals surface area contributed by atoms with Gasteiger partial charge in [-0.15, -0.1) is 0 Å². The number of pyridine rings is 1. The van der Waals surface area contributed by atoms with Crippen molar-refractivity contribution in [2.24, 2.45) is 7.05 Å². The summed E-state index contributed by atoms with van der Waals surface area (Å²) in [5, 5.41) is 4.13. The fourth-order valence-electron chi connectivity index (χ4n) is 2.82. The Morgan fingerprint density at radius 1 is 1.11 bits per heavy atom. The number of hydrogen-bond donors (Lipinski definition) is 2. The van der Waals surface area contributed by atoms with E-state index in [1.807, 2.05) is 0 Å². The molecular formula is C19H15FN4O3S. The molecule has 0 atom stereocenters. The molecule has 28 heavy (non-hydrogen) atoms. The van der Waals surface area contributed by atoms with Crippen LogP contribution >= 0.6 is 0 Å². The quantitative estimate of drug-likeness (QED) is 0.515. The van der Waals surface area contributed by atoms with Crippen molar-refractivity contribution in [2.45, 2.75) is 9.92 Å². The van der Waals surface area contributed by atoms with Crippen LogP contribution in [0, 0.1) is 5.82 Å². The maximum absolute atomic E-state index is 13.2. The lowest BCUT2D eigenvalue weighted by atomic mass is 10.1. The number of rotatable bonds is 4. The fraction of sp³-hybridized carbons (Fsp3) is 0.0526. The van der Waals surface area contributed by atoms with Crippen LogP contribution in [0.3, 0.4) is 0 Å². The SMILES string of the molecule is Cn1cc(Nc2nc(S(=O)(=O)c3ccc(F)cc3)cc3ccccc23)[nH]c1=O. The fourth-order valence-corrected chi connectivity index (χ4v) is 4.05. The van der Waals surface area contributed by atoms with Gasteiger partial charge < -0.3 is 9.88 Å². The monoisotopic (exact) mass is 398 g/mol. The Hall–Kier alpha value is -3.46. The van der Waals surface area contributed by atoms with Crippen LogP contribution in [-0.4, -0.2) is 23.0 Å². The largest absolute Gasteiger partial charge is 0.326 e. The number of hydrogen-bond acceptors (Lipinski definition) is 5. The summed E-state index contributed by atoms with van der Waals surface area (Å²) >= 11 is 0. The maximum atomic E-state index is 13.2. The maximum Gasteiger partial charge on any atom is 0.326 e. The van der Waals surface area contributed by atoms with Crippen molar-refractivity contribution < 1.29 is 12.8 Å². The van der Waals surface area contributed by atoms with Crippen LogP contribution in [0.4, 0.5) is 16.0 Å². The third-order valence-electron chi connectivity index (χ3n) is 4.25.